The Kier molecular flexibility index (Phi) is 5.49. The lowest BCUT2D eigenvalue weighted by molar-refractivity contribution is -0.135. The first-order chi connectivity index (χ1) is 13.3. The smallest absolute Gasteiger partial charge is 0.325 e. The highest BCUT2D eigenvalue weighted by Gasteiger charge is 2.49. The van der Waals surface area contributed by atoms with Crippen molar-refractivity contribution in [3.05, 3.63) is 71.3 Å². The van der Waals surface area contributed by atoms with Crippen LogP contribution in [0.4, 0.5) is 4.79 Å². The monoisotopic (exact) mass is 379 g/mol. The average Bonchev–Trinajstić information content (AvgIpc) is 2.92. The maximum Gasteiger partial charge on any atom is 0.325 e. The zero-order valence-corrected chi connectivity index (χ0v) is 16.4. The average molecular weight is 379 g/mol. The lowest BCUT2D eigenvalue weighted by Crippen LogP contribution is -2.43. The zero-order valence-electron chi connectivity index (χ0n) is 16.4. The number of nitrogens with one attached hydrogen (secondary N) is 2. The number of hydrogen-bond donors (Lipinski definition) is 2. The van der Waals surface area contributed by atoms with E-state index in [9.17, 15) is 14.4 Å². The molecule has 28 heavy (non-hydrogen) atoms. The van der Waals surface area contributed by atoms with Crippen LogP contribution in [-0.4, -0.2) is 29.3 Å². The van der Waals surface area contributed by atoms with Crippen molar-refractivity contribution >= 4 is 17.8 Å². The summed E-state index contributed by atoms with van der Waals surface area (Å²) in [6.45, 7) is 5.29. The van der Waals surface area contributed by atoms with Crippen LogP contribution in [0.2, 0.25) is 0 Å². The normalized spacial score (nSPS) is 20.0. The molecule has 1 saturated heterocycles. The molecule has 2 unspecified atom stereocenters. The highest BCUT2D eigenvalue weighted by atomic mass is 16.2. The molecular formula is C22H25N3O3. The minimum Gasteiger partial charge on any atom is -0.348 e. The molecule has 146 valence electrons. The van der Waals surface area contributed by atoms with E-state index >= 15 is 0 Å². The van der Waals surface area contributed by atoms with Gasteiger partial charge in [-0.3, -0.25) is 14.5 Å². The van der Waals surface area contributed by atoms with Gasteiger partial charge in [0.2, 0.25) is 5.91 Å². The van der Waals surface area contributed by atoms with E-state index in [2.05, 4.69) is 17.6 Å². The lowest BCUT2D eigenvalue weighted by Gasteiger charge is -2.22. The van der Waals surface area contributed by atoms with Crippen molar-refractivity contribution in [2.45, 2.75) is 38.8 Å². The van der Waals surface area contributed by atoms with Gasteiger partial charge in [0.25, 0.3) is 5.91 Å². The van der Waals surface area contributed by atoms with Crippen molar-refractivity contribution < 1.29 is 14.4 Å². The highest BCUT2D eigenvalue weighted by molar-refractivity contribution is 6.09. The molecule has 6 nitrogen and oxygen atoms in total. The molecule has 1 heterocycles. The van der Waals surface area contributed by atoms with Gasteiger partial charge in [-0.2, -0.15) is 0 Å². The van der Waals surface area contributed by atoms with Crippen molar-refractivity contribution in [2.24, 2.45) is 0 Å². The summed E-state index contributed by atoms with van der Waals surface area (Å²) in [4.78, 5) is 38.6. The van der Waals surface area contributed by atoms with Gasteiger partial charge in [-0.15, -0.1) is 0 Å². The molecule has 1 aliphatic heterocycles. The fourth-order valence-electron chi connectivity index (χ4n) is 3.36. The number of benzene rings is 2. The molecule has 2 aromatic carbocycles. The molecule has 3 rings (SSSR count). The summed E-state index contributed by atoms with van der Waals surface area (Å²) in [7, 11) is 0. The molecule has 1 aliphatic rings. The molecule has 0 aromatic heterocycles. The Labute approximate surface area is 164 Å². The second-order valence-electron chi connectivity index (χ2n) is 7.20. The fraction of sp³-hybridized carbons (Fsp3) is 0.318. The Morgan fingerprint density at radius 3 is 2.36 bits per heavy atom. The number of hydrogen-bond acceptors (Lipinski definition) is 3. The highest BCUT2D eigenvalue weighted by Crippen LogP contribution is 2.28. The standard InChI is InChI=1S/C22H25N3O3/c1-4-16-10-12-17(13-11-16)15(2)23-19(26)14-25-20(27)22(3,24-21(25)28)18-8-6-5-7-9-18/h5-13,15H,4,14H2,1-3H3,(H,23,26)(H,24,28). The summed E-state index contributed by atoms with van der Waals surface area (Å²) in [6, 6.07) is 16.2. The summed E-state index contributed by atoms with van der Waals surface area (Å²) < 4.78 is 0. The summed E-state index contributed by atoms with van der Waals surface area (Å²) in [5.41, 5.74) is 1.71. The van der Waals surface area contributed by atoms with Crippen LogP contribution in [0.1, 0.15) is 43.5 Å². The van der Waals surface area contributed by atoms with E-state index in [0.29, 0.717) is 5.56 Å². The quantitative estimate of drug-likeness (QED) is 0.758. The molecule has 2 aromatic rings. The molecule has 2 N–H and O–H groups in total. The minimum absolute atomic E-state index is 0.223. The molecule has 4 amide bonds. The van der Waals surface area contributed by atoms with Crippen LogP contribution in [0.3, 0.4) is 0 Å². The molecule has 1 fully saturated rings. The molecule has 0 radical (unpaired) electrons. The van der Waals surface area contributed by atoms with Gasteiger partial charge in [-0.05, 0) is 37.0 Å². The Balaban J connectivity index is 1.66. The summed E-state index contributed by atoms with van der Waals surface area (Å²) in [5.74, 6) is -0.813. The molecular weight excluding hydrogens is 354 g/mol. The van der Waals surface area contributed by atoms with E-state index in [1.807, 2.05) is 37.3 Å². The number of nitrogens with zero attached hydrogens (tertiary/aromatic N) is 1. The first-order valence-corrected chi connectivity index (χ1v) is 9.43. The van der Waals surface area contributed by atoms with Crippen LogP contribution in [0.5, 0.6) is 0 Å². The molecule has 2 atom stereocenters. The third kappa shape index (κ3) is 3.76. The van der Waals surface area contributed by atoms with E-state index in [0.717, 1.165) is 16.9 Å². The van der Waals surface area contributed by atoms with E-state index in [1.54, 1.807) is 31.2 Å². The third-order valence-electron chi connectivity index (χ3n) is 5.19. The van der Waals surface area contributed by atoms with Crippen LogP contribution in [-0.2, 0) is 21.5 Å². The first kappa shape index (κ1) is 19.6. The van der Waals surface area contributed by atoms with Gasteiger partial charge in [0, 0.05) is 0 Å². The molecule has 0 spiro atoms. The van der Waals surface area contributed by atoms with Gasteiger partial charge in [0.15, 0.2) is 0 Å². The van der Waals surface area contributed by atoms with Gasteiger partial charge in [0.05, 0.1) is 6.04 Å². The van der Waals surface area contributed by atoms with E-state index in [-0.39, 0.29) is 18.5 Å². The van der Waals surface area contributed by atoms with Crippen molar-refractivity contribution in [1.29, 1.82) is 0 Å². The number of carbonyl (C=O) groups is 3. The predicted octanol–water partition coefficient (Wildman–Crippen LogP) is 2.89. The summed E-state index contributed by atoms with van der Waals surface area (Å²) in [6.07, 6.45) is 0.952. The van der Waals surface area contributed by atoms with E-state index in [4.69, 9.17) is 0 Å². The van der Waals surface area contributed by atoms with Crippen molar-refractivity contribution in [3.63, 3.8) is 0 Å². The maximum absolute atomic E-state index is 12.9. The first-order valence-electron chi connectivity index (χ1n) is 9.43. The second kappa shape index (κ2) is 7.84. The number of amides is 4. The van der Waals surface area contributed by atoms with E-state index in [1.165, 1.54) is 5.56 Å². The van der Waals surface area contributed by atoms with Gasteiger partial charge < -0.3 is 10.6 Å². The Hall–Kier alpha value is -3.15. The van der Waals surface area contributed by atoms with Crippen molar-refractivity contribution in [3.8, 4) is 0 Å². The van der Waals surface area contributed by atoms with Gasteiger partial charge in [-0.25, -0.2) is 4.79 Å². The van der Waals surface area contributed by atoms with Crippen LogP contribution in [0.25, 0.3) is 0 Å². The van der Waals surface area contributed by atoms with Crippen LogP contribution in [0, 0.1) is 0 Å². The van der Waals surface area contributed by atoms with Gasteiger partial charge in [0.1, 0.15) is 12.1 Å². The summed E-state index contributed by atoms with van der Waals surface area (Å²) >= 11 is 0. The molecule has 0 bridgehead atoms. The topological polar surface area (TPSA) is 78.5 Å². The number of urea groups is 1. The van der Waals surface area contributed by atoms with Crippen molar-refractivity contribution in [1.82, 2.24) is 15.5 Å². The zero-order chi connectivity index (χ0) is 20.3. The van der Waals surface area contributed by atoms with Crippen LogP contribution >= 0.6 is 0 Å². The molecule has 6 heteroatoms. The largest absolute Gasteiger partial charge is 0.348 e. The summed E-state index contributed by atoms with van der Waals surface area (Å²) in [5, 5.41) is 5.56. The number of imide groups is 1. The van der Waals surface area contributed by atoms with Crippen molar-refractivity contribution in [2.75, 3.05) is 6.54 Å². The number of carbonyl (C=O) groups excluding carboxylic acids is 3. The Morgan fingerprint density at radius 1 is 1.11 bits per heavy atom. The SMILES string of the molecule is CCc1ccc(C(C)NC(=O)CN2C(=O)NC(C)(c3ccccc3)C2=O)cc1. The fourth-order valence-corrected chi connectivity index (χ4v) is 3.36. The number of aryl methyl sites for hydroxylation is 1. The second-order valence-corrected chi connectivity index (χ2v) is 7.20. The number of rotatable bonds is 6. The Bertz CT molecular complexity index is 880. The predicted molar refractivity (Wildman–Crippen MR) is 106 cm³/mol. The van der Waals surface area contributed by atoms with Crippen LogP contribution < -0.4 is 10.6 Å². The van der Waals surface area contributed by atoms with Gasteiger partial charge >= 0.3 is 6.03 Å². The minimum atomic E-state index is -1.17. The van der Waals surface area contributed by atoms with Crippen LogP contribution in [0.15, 0.2) is 54.6 Å². The van der Waals surface area contributed by atoms with E-state index < -0.39 is 17.5 Å². The maximum atomic E-state index is 12.9. The molecule has 0 aliphatic carbocycles. The Morgan fingerprint density at radius 2 is 1.75 bits per heavy atom. The third-order valence-corrected chi connectivity index (χ3v) is 5.19. The molecule has 0 saturated carbocycles. The lowest BCUT2D eigenvalue weighted by atomic mass is 9.92. The van der Waals surface area contributed by atoms with Gasteiger partial charge in [-0.1, -0.05) is 61.5 Å².